The molecule has 0 saturated heterocycles. The maximum absolute atomic E-state index is 13.5. The van der Waals surface area contributed by atoms with Crippen molar-refractivity contribution in [3.05, 3.63) is 119 Å². The largest absolute Gasteiger partial charge is 0.355 e. The van der Waals surface area contributed by atoms with E-state index >= 15 is 0 Å². The monoisotopic (exact) mass is 423 g/mol. The Hall–Kier alpha value is -3.57. The first kappa shape index (κ1) is 19.4. The minimum atomic E-state index is -0.0494. The quantitative estimate of drug-likeness (QED) is 0.280. The molecule has 31 heavy (non-hydrogen) atoms. The summed E-state index contributed by atoms with van der Waals surface area (Å²) in [5, 5.41) is 0.724. The molecule has 0 bridgehead atoms. The molecule has 5 heteroatoms. The van der Waals surface area contributed by atoms with Crippen molar-refractivity contribution in [2.75, 3.05) is 0 Å². The van der Waals surface area contributed by atoms with Crippen LogP contribution in [-0.4, -0.2) is 14.5 Å². The zero-order chi connectivity index (χ0) is 21.0. The van der Waals surface area contributed by atoms with Gasteiger partial charge in [-0.3, -0.25) is 9.36 Å². The van der Waals surface area contributed by atoms with Crippen LogP contribution in [0.25, 0.3) is 22.2 Å². The number of aromatic amines is 1. The highest BCUT2D eigenvalue weighted by Gasteiger charge is 2.17. The number of rotatable bonds is 6. The van der Waals surface area contributed by atoms with Crippen LogP contribution in [0.15, 0.2) is 107 Å². The van der Waals surface area contributed by atoms with Gasteiger partial charge in [0.1, 0.15) is 11.0 Å². The molecule has 0 aliphatic heterocycles. The summed E-state index contributed by atoms with van der Waals surface area (Å²) in [5.41, 5.74) is 5.47. The summed E-state index contributed by atoms with van der Waals surface area (Å²) in [6.45, 7) is 0.486. The Labute approximate surface area is 184 Å². The minimum absolute atomic E-state index is 0.0494. The summed E-state index contributed by atoms with van der Waals surface area (Å²) < 4.78 is 1.77. The van der Waals surface area contributed by atoms with Crippen molar-refractivity contribution in [2.45, 2.75) is 17.5 Å². The van der Waals surface area contributed by atoms with Crippen LogP contribution in [0.4, 0.5) is 0 Å². The van der Waals surface area contributed by atoms with Gasteiger partial charge in [-0.05, 0) is 16.7 Å². The van der Waals surface area contributed by atoms with Gasteiger partial charge >= 0.3 is 0 Å². The third kappa shape index (κ3) is 4.05. The first-order valence-electron chi connectivity index (χ1n) is 10.2. The van der Waals surface area contributed by atoms with Crippen LogP contribution < -0.4 is 5.56 Å². The minimum Gasteiger partial charge on any atom is -0.355 e. The molecule has 0 saturated carbocycles. The zero-order valence-corrected chi connectivity index (χ0v) is 17.7. The Bertz CT molecular complexity index is 1360. The third-order valence-electron chi connectivity index (χ3n) is 5.23. The predicted molar refractivity (Wildman–Crippen MR) is 127 cm³/mol. The van der Waals surface area contributed by atoms with Crippen LogP contribution in [0.1, 0.15) is 11.1 Å². The molecule has 0 atom stereocenters. The molecule has 1 N–H and O–H groups in total. The molecule has 0 unspecified atom stereocenters. The zero-order valence-electron chi connectivity index (χ0n) is 16.9. The molecule has 2 heterocycles. The van der Waals surface area contributed by atoms with Crippen LogP contribution >= 0.6 is 11.8 Å². The number of thioether (sulfide) groups is 1. The predicted octanol–water partition coefficient (Wildman–Crippen LogP) is 5.73. The lowest BCUT2D eigenvalue weighted by molar-refractivity contribution is 0.657. The van der Waals surface area contributed by atoms with Gasteiger partial charge < -0.3 is 4.98 Å². The molecule has 0 aliphatic carbocycles. The second-order valence-corrected chi connectivity index (χ2v) is 8.28. The molecule has 0 aliphatic rings. The van der Waals surface area contributed by atoms with E-state index in [1.54, 1.807) is 16.3 Å². The number of nitrogens with one attached hydrogen (secondary N) is 1. The highest BCUT2D eigenvalue weighted by atomic mass is 32.2. The maximum atomic E-state index is 13.5. The Balaban J connectivity index is 1.62. The molecule has 0 radical (unpaired) electrons. The average Bonchev–Trinajstić information content (AvgIpc) is 3.26. The number of fused-ring (bicyclic) bond motifs is 1. The van der Waals surface area contributed by atoms with Gasteiger partial charge in [0, 0.05) is 17.5 Å². The van der Waals surface area contributed by atoms with Crippen molar-refractivity contribution < 1.29 is 0 Å². The summed E-state index contributed by atoms with van der Waals surface area (Å²) >= 11 is 1.59. The fourth-order valence-electron chi connectivity index (χ4n) is 3.65. The number of hydrogen-bond donors (Lipinski definition) is 1. The molecule has 0 spiro atoms. The number of H-pyrrole nitrogens is 1. The standard InChI is InChI=1S/C26H21N3OS/c30-25-24-23(22(16-27-24)21-14-8-3-9-15-21)28-26(31-18-20-12-6-2-7-13-20)29(25)17-19-10-4-1-5-11-19/h1-16,27H,17-18H2. The fourth-order valence-corrected chi connectivity index (χ4v) is 4.60. The summed E-state index contributed by atoms with van der Waals surface area (Å²) in [7, 11) is 0. The molecular formula is C26H21N3OS. The van der Waals surface area contributed by atoms with E-state index in [2.05, 4.69) is 17.1 Å². The van der Waals surface area contributed by atoms with E-state index in [0.717, 1.165) is 33.1 Å². The fraction of sp³-hybridized carbons (Fsp3) is 0.0769. The summed E-state index contributed by atoms with van der Waals surface area (Å²) in [4.78, 5) is 21.6. The Morgan fingerprint density at radius 1 is 0.806 bits per heavy atom. The Kier molecular flexibility index (Phi) is 5.42. The van der Waals surface area contributed by atoms with Crippen molar-refractivity contribution in [3.63, 3.8) is 0 Å². The highest BCUT2D eigenvalue weighted by molar-refractivity contribution is 7.98. The number of hydrogen-bond acceptors (Lipinski definition) is 3. The van der Waals surface area contributed by atoms with Crippen LogP contribution in [0.5, 0.6) is 0 Å². The first-order chi connectivity index (χ1) is 15.3. The number of benzene rings is 3. The topological polar surface area (TPSA) is 50.7 Å². The van der Waals surface area contributed by atoms with Crippen LogP contribution in [0.3, 0.4) is 0 Å². The summed E-state index contributed by atoms with van der Waals surface area (Å²) in [5.74, 6) is 0.749. The highest BCUT2D eigenvalue weighted by Crippen LogP contribution is 2.29. The molecule has 0 fully saturated rings. The van der Waals surface area contributed by atoms with E-state index in [9.17, 15) is 4.79 Å². The van der Waals surface area contributed by atoms with Crippen molar-refractivity contribution in [1.29, 1.82) is 0 Å². The molecule has 0 amide bonds. The summed E-state index contributed by atoms with van der Waals surface area (Å²) in [6, 6.07) is 30.3. The second-order valence-electron chi connectivity index (χ2n) is 7.34. The number of aromatic nitrogens is 3. The van der Waals surface area contributed by atoms with Crippen molar-refractivity contribution >= 4 is 22.8 Å². The molecule has 152 valence electrons. The van der Waals surface area contributed by atoms with Gasteiger partial charge in [0.2, 0.25) is 0 Å². The van der Waals surface area contributed by atoms with Gasteiger partial charge in [-0.1, -0.05) is 103 Å². The lowest BCUT2D eigenvalue weighted by Gasteiger charge is -2.13. The molecule has 5 rings (SSSR count). The van der Waals surface area contributed by atoms with E-state index in [1.165, 1.54) is 5.56 Å². The van der Waals surface area contributed by atoms with Gasteiger partial charge in [-0.15, -0.1) is 0 Å². The van der Waals surface area contributed by atoms with Gasteiger partial charge in [-0.25, -0.2) is 4.98 Å². The van der Waals surface area contributed by atoms with E-state index < -0.39 is 0 Å². The first-order valence-corrected chi connectivity index (χ1v) is 11.2. The molecular weight excluding hydrogens is 402 g/mol. The second kappa shape index (κ2) is 8.66. The lowest BCUT2D eigenvalue weighted by atomic mass is 10.1. The van der Waals surface area contributed by atoms with Gasteiger partial charge in [0.05, 0.1) is 6.54 Å². The Morgan fingerprint density at radius 2 is 1.42 bits per heavy atom. The lowest BCUT2D eigenvalue weighted by Crippen LogP contribution is -2.24. The van der Waals surface area contributed by atoms with Gasteiger partial charge in [0.15, 0.2) is 5.16 Å². The third-order valence-corrected chi connectivity index (χ3v) is 6.28. The molecule has 4 nitrogen and oxygen atoms in total. The Morgan fingerprint density at radius 3 is 2.10 bits per heavy atom. The van der Waals surface area contributed by atoms with Crippen molar-refractivity contribution in [3.8, 4) is 11.1 Å². The molecule has 5 aromatic rings. The van der Waals surface area contributed by atoms with Crippen LogP contribution in [-0.2, 0) is 12.3 Å². The number of nitrogens with zero attached hydrogens (tertiary/aromatic N) is 2. The van der Waals surface area contributed by atoms with E-state index in [4.69, 9.17) is 4.98 Å². The normalized spacial score (nSPS) is 11.1. The van der Waals surface area contributed by atoms with Crippen LogP contribution in [0, 0.1) is 0 Å². The molecule has 3 aromatic carbocycles. The average molecular weight is 424 g/mol. The van der Waals surface area contributed by atoms with E-state index in [-0.39, 0.29) is 5.56 Å². The van der Waals surface area contributed by atoms with Crippen LogP contribution in [0.2, 0.25) is 0 Å². The molecule has 2 aromatic heterocycles. The summed E-state index contributed by atoms with van der Waals surface area (Å²) in [6.07, 6.45) is 1.88. The SMILES string of the molecule is O=c1c2[nH]cc(-c3ccccc3)c2nc(SCc2ccccc2)n1Cc1ccccc1. The smallest absolute Gasteiger partial charge is 0.278 e. The maximum Gasteiger partial charge on any atom is 0.278 e. The van der Waals surface area contributed by atoms with Crippen molar-refractivity contribution in [2.24, 2.45) is 0 Å². The van der Waals surface area contributed by atoms with Gasteiger partial charge in [-0.2, -0.15) is 0 Å². The van der Waals surface area contributed by atoms with Crippen molar-refractivity contribution in [1.82, 2.24) is 14.5 Å². The van der Waals surface area contributed by atoms with E-state index in [0.29, 0.717) is 12.1 Å². The van der Waals surface area contributed by atoms with E-state index in [1.807, 2.05) is 85.1 Å². The van der Waals surface area contributed by atoms with Gasteiger partial charge in [0.25, 0.3) is 5.56 Å².